The van der Waals surface area contributed by atoms with Crippen molar-refractivity contribution in [2.45, 2.75) is 57.8 Å². The lowest BCUT2D eigenvalue weighted by Crippen LogP contribution is -2.40. The van der Waals surface area contributed by atoms with Gasteiger partial charge in [-0.3, -0.25) is 14.9 Å². The zero-order valence-corrected chi connectivity index (χ0v) is 19.5. The molecule has 2 amide bonds. The summed E-state index contributed by atoms with van der Waals surface area (Å²) in [5.41, 5.74) is 0.0300. The van der Waals surface area contributed by atoms with Gasteiger partial charge in [0.15, 0.2) is 21.4 Å². The second-order valence-corrected chi connectivity index (χ2v) is 11.7. The van der Waals surface area contributed by atoms with Crippen LogP contribution in [0.1, 0.15) is 57.9 Å². The van der Waals surface area contributed by atoms with E-state index in [1.807, 2.05) is 19.9 Å². The summed E-state index contributed by atoms with van der Waals surface area (Å²) in [4.78, 5) is 22.9. The van der Waals surface area contributed by atoms with Crippen LogP contribution in [0.3, 0.4) is 0 Å². The number of amides is 2. The number of carbonyl (C=O) groups excluding carboxylic acids is 2. The largest absolute Gasteiger partial charge is 0.490 e. The number of nitrogens with one attached hydrogen (secondary N) is 1. The Morgan fingerprint density at radius 1 is 1.19 bits per heavy atom. The topological polar surface area (TPSA) is 89.5 Å². The van der Waals surface area contributed by atoms with E-state index >= 15 is 0 Å². The van der Waals surface area contributed by atoms with Gasteiger partial charge in [0.25, 0.3) is 0 Å². The van der Waals surface area contributed by atoms with Gasteiger partial charge in [-0.2, -0.15) is 0 Å². The molecule has 0 spiro atoms. The van der Waals surface area contributed by atoms with Crippen molar-refractivity contribution in [2.75, 3.05) is 18.1 Å². The molecule has 0 bridgehead atoms. The number of benzene rings is 1. The minimum atomic E-state index is -3.36. The summed E-state index contributed by atoms with van der Waals surface area (Å²) in [6, 6.07) is 4.57. The number of imide groups is 1. The van der Waals surface area contributed by atoms with Crippen LogP contribution in [-0.4, -0.2) is 38.3 Å². The normalized spacial score (nSPS) is 19.9. The quantitative estimate of drug-likeness (QED) is 0.398. The van der Waals surface area contributed by atoms with Crippen molar-refractivity contribution in [1.82, 2.24) is 5.32 Å². The van der Waals surface area contributed by atoms with Crippen LogP contribution >= 0.6 is 0 Å². The SMILES string of the molecule is CC(C)(CS(=O)(=O)CC/C=C/CC1CCC(=O)NC1=O)c1ccc(F)c(OCC2CC2)c1. The number of halogens is 1. The molecule has 176 valence electrons. The molecule has 8 heteroatoms. The lowest BCUT2D eigenvalue weighted by atomic mass is 9.86. The van der Waals surface area contributed by atoms with Crippen molar-refractivity contribution in [2.24, 2.45) is 11.8 Å². The lowest BCUT2D eigenvalue weighted by Gasteiger charge is -2.25. The zero-order valence-electron chi connectivity index (χ0n) is 18.7. The molecule has 1 aromatic rings. The third-order valence-electron chi connectivity index (χ3n) is 6.00. The van der Waals surface area contributed by atoms with Crippen LogP contribution in [0.2, 0.25) is 0 Å². The van der Waals surface area contributed by atoms with E-state index in [0.717, 1.165) is 18.4 Å². The summed E-state index contributed by atoms with van der Waals surface area (Å²) < 4.78 is 45.1. The first kappa shape index (κ1) is 24.4. The molecule has 1 saturated carbocycles. The second-order valence-electron chi connectivity index (χ2n) is 9.52. The van der Waals surface area contributed by atoms with Gasteiger partial charge >= 0.3 is 0 Å². The van der Waals surface area contributed by atoms with Gasteiger partial charge in [-0.05, 0) is 55.7 Å². The molecule has 2 aliphatic rings. The Labute approximate surface area is 189 Å². The maximum Gasteiger partial charge on any atom is 0.229 e. The first-order chi connectivity index (χ1) is 15.1. The number of ether oxygens (including phenoxy) is 1. The van der Waals surface area contributed by atoms with Crippen LogP contribution in [0.4, 0.5) is 4.39 Å². The molecular formula is C24H32FNO5S. The molecule has 6 nitrogen and oxygen atoms in total. The minimum absolute atomic E-state index is 0.00545. The van der Waals surface area contributed by atoms with Gasteiger partial charge in [-0.25, -0.2) is 12.8 Å². The third kappa shape index (κ3) is 7.15. The van der Waals surface area contributed by atoms with Gasteiger partial charge in [0, 0.05) is 17.8 Å². The van der Waals surface area contributed by atoms with Crippen LogP contribution in [0, 0.1) is 17.7 Å². The van der Waals surface area contributed by atoms with E-state index in [2.05, 4.69) is 5.32 Å². The molecule has 1 unspecified atom stereocenters. The number of hydrogen-bond donors (Lipinski definition) is 1. The smallest absolute Gasteiger partial charge is 0.229 e. The van der Waals surface area contributed by atoms with Crippen LogP contribution < -0.4 is 10.1 Å². The Balaban J connectivity index is 1.51. The monoisotopic (exact) mass is 465 g/mol. The molecule has 1 aromatic carbocycles. The van der Waals surface area contributed by atoms with Gasteiger partial charge < -0.3 is 4.74 Å². The molecule has 32 heavy (non-hydrogen) atoms. The Morgan fingerprint density at radius 2 is 1.94 bits per heavy atom. The first-order valence-corrected chi connectivity index (χ1v) is 13.0. The van der Waals surface area contributed by atoms with E-state index in [9.17, 15) is 22.4 Å². The van der Waals surface area contributed by atoms with E-state index in [1.165, 1.54) is 6.07 Å². The number of carbonyl (C=O) groups is 2. The molecule has 2 fully saturated rings. The number of allylic oxidation sites excluding steroid dienone is 2. The molecule has 1 N–H and O–H groups in total. The molecule has 1 aliphatic heterocycles. The summed E-state index contributed by atoms with van der Waals surface area (Å²) in [6.45, 7) is 4.16. The van der Waals surface area contributed by atoms with Gasteiger partial charge in [-0.1, -0.05) is 32.1 Å². The highest BCUT2D eigenvalue weighted by molar-refractivity contribution is 7.91. The minimum Gasteiger partial charge on any atom is -0.490 e. The highest BCUT2D eigenvalue weighted by Crippen LogP contribution is 2.33. The standard InChI is InChI=1S/C24H32FNO5S/c1-24(2,19-10-11-20(25)21(14-19)31-15-17-7-8-17)16-32(29,30)13-5-3-4-6-18-9-12-22(27)26-23(18)28/h3-4,10-11,14,17-18H,5-9,12-13,15-16H2,1-2H3,(H,26,27,28)/b4-3+. The summed E-state index contributed by atoms with van der Waals surface area (Å²) in [5.74, 6) is -0.579. The summed E-state index contributed by atoms with van der Waals surface area (Å²) in [7, 11) is -3.36. The molecular weight excluding hydrogens is 433 g/mol. The van der Waals surface area contributed by atoms with Gasteiger partial charge in [0.05, 0.1) is 18.1 Å². The van der Waals surface area contributed by atoms with Crippen molar-refractivity contribution in [1.29, 1.82) is 0 Å². The molecule has 1 saturated heterocycles. The van der Waals surface area contributed by atoms with E-state index < -0.39 is 21.1 Å². The van der Waals surface area contributed by atoms with E-state index in [4.69, 9.17) is 4.74 Å². The maximum absolute atomic E-state index is 14.1. The Bertz CT molecular complexity index is 982. The van der Waals surface area contributed by atoms with Crippen LogP contribution in [-0.2, 0) is 24.8 Å². The first-order valence-electron chi connectivity index (χ1n) is 11.2. The highest BCUT2D eigenvalue weighted by atomic mass is 32.2. The van der Waals surface area contributed by atoms with Gasteiger partial charge in [0.1, 0.15) is 0 Å². The van der Waals surface area contributed by atoms with E-state index in [0.29, 0.717) is 38.2 Å². The zero-order chi connectivity index (χ0) is 23.4. The fourth-order valence-corrected chi connectivity index (χ4v) is 5.73. The maximum atomic E-state index is 14.1. The Morgan fingerprint density at radius 3 is 2.62 bits per heavy atom. The second kappa shape index (κ2) is 10.1. The van der Waals surface area contributed by atoms with Gasteiger partial charge in [-0.15, -0.1) is 0 Å². The van der Waals surface area contributed by atoms with E-state index in [1.54, 1.807) is 18.2 Å². The molecule has 1 atom stereocenters. The fourth-order valence-electron chi connectivity index (χ4n) is 3.82. The third-order valence-corrected chi connectivity index (χ3v) is 8.02. The number of piperidine rings is 1. The van der Waals surface area contributed by atoms with Gasteiger partial charge in [0.2, 0.25) is 11.8 Å². The van der Waals surface area contributed by atoms with Crippen LogP contribution in [0.15, 0.2) is 30.4 Å². The molecule has 3 rings (SSSR count). The summed E-state index contributed by atoms with van der Waals surface area (Å²) >= 11 is 0. The Hall–Kier alpha value is -2.22. The number of sulfone groups is 1. The lowest BCUT2D eigenvalue weighted by molar-refractivity contribution is -0.136. The van der Waals surface area contributed by atoms with Crippen molar-refractivity contribution < 1.29 is 27.1 Å². The van der Waals surface area contributed by atoms with Crippen LogP contribution in [0.5, 0.6) is 5.75 Å². The van der Waals surface area contributed by atoms with Crippen LogP contribution in [0.25, 0.3) is 0 Å². The van der Waals surface area contributed by atoms with Crippen molar-refractivity contribution >= 4 is 21.7 Å². The molecule has 1 aliphatic carbocycles. The predicted molar refractivity (Wildman–Crippen MR) is 121 cm³/mol. The molecule has 0 aromatic heterocycles. The summed E-state index contributed by atoms with van der Waals surface area (Å²) in [6.07, 6.45) is 7.49. The fraction of sp³-hybridized carbons (Fsp3) is 0.583. The van der Waals surface area contributed by atoms with Crippen molar-refractivity contribution in [3.8, 4) is 5.75 Å². The summed E-state index contributed by atoms with van der Waals surface area (Å²) in [5, 5.41) is 2.32. The average molecular weight is 466 g/mol. The van der Waals surface area contributed by atoms with Crippen molar-refractivity contribution in [3.05, 3.63) is 41.7 Å². The predicted octanol–water partition coefficient (Wildman–Crippen LogP) is 3.70. The molecule has 1 heterocycles. The highest BCUT2D eigenvalue weighted by Gasteiger charge is 2.29. The number of hydrogen-bond acceptors (Lipinski definition) is 5. The van der Waals surface area contributed by atoms with Crippen molar-refractivity contribution in [3.63, 3.8) is 0 Å². The van der Waals surface area contributed by atoms with E-state index in [-0.39, 0.29) is 35.0 Å². The average Bonchev–Trinajstić information content (AvgIpc) is 3.52. The Kier molecular flexibility index (Phi) is 7.75. The molecule has 0 radical (unpaired) electrons. The number of rotatable bonds is 11.